The summed E-state index contributed by atoms with van der Waals surface area (Å²) in [6.07, 6.45) is -0.126. The second-order valence-electron chi connectivity index (χ2n) is 5.69. The van der Waals surface area contributed by atoms with Crippen molar-refractivity contribution in [1.29, 1.82) is 0 Å². The first kappa shape index (κ1) is 16.8. The maximum atomic E-state index is 11.4. The topological polar surface area (TPSA) is 55.4 Å². The van der Waals surface area contributed by atoms with Crippen LogP contribution in [0.2, 0.25) is 0 Å². The minimum Gasteiger partial charge on any atom is -0.444 e. The number of amides is 1. The molecule has 0 bridgehead atoms. The number of alkyl carbamates (subject to hydrolysis) is 1. The number of benzene rings is 1. The van der Waals surface area contributed by atoms with E-state index in [4.69, 9.17) is 4.74 Å². The molecule has 4 heteroatoms. The maximum Gasteiger partial charge on any atom is 0.408 e. The summed E-state index contributed by atoms with van der Waals surface area (Å²) < 4.78 is 5.10. The van der Waals surface area contributed by atoms with Gasteiger partial charge in [-0.1, -0.05) is 30.0 Å². The Hall–Kier alpha value is -2.28. The zero-order chi connectivity index (χ0) is 15.9. The molecule has 0 aliphatic carbocycles. The van der Waals surface area contributed by atoms with E-state index in [2.05, 4.69) is 17.2 Å². The Morgan fingerprint density at radius 2 is 1.90 bits per heavy atom. The number of Topliss-reactive ketones (excluding diaryl/α,β-unsaturated/α-hetero) is 1. The third kappa shape index (κ3) is 7.17. The van der Waals surface area contributed by atoms with E-state index in [1.54, 1.807) is 27.7 Å². The molecule has 21 heavy (non-hydrogen) atoms. The predicted octanol–water partition coefficient (Wildman–Crippen LogP) is 2.69. The molecule has 0 aliphatic rings. The molecule has 0 atom stereocenters. The zero-order valence-corrected chi connectivity index (χ0v) is 12.9. The molecule has 1 rings (SSSR count). The summed E-state index contributed by atoms with van der Waals surface area (Å²) in [5.74, 6) is 5.92. The molecule has 1 aromatic rings. The van der Waals surface area contributed by atoms with Crippen molar-refractivity contribution >= 4 is 11.9 Å². The summed E-state index contributed by atoms with van der Waals surface area (Å²) in [5, 5.41) is 2.57. The van der Waals surface area contributed by atoms with Crippen LogP contribution >= 0.6 is 0 Å². The van der Waals surface area contributed by atoms with Gasteiger partial charge in [0, 0.05) is 12.0 Å². The second-order valence-corrected chi connectivity index (χ2v) is 5.69. The molecule has 1 aromatic carbocycles. The van der Waals surface area contributed by atoms with Crippen molar-refractivity contribution in [3.05, 3.63) is 35.4 Å². The number of ether oxygens (including phenoxy) is 1. The van der Waals surface area contributed by atoms with Gasteiger partial charge in [0.05, 0.1) is 6.54 Å². The van der Waals surface area contributed by atoms with Crippen molar-refractivity contribution in [2.75, 3.05) is 6.54 Å². The van der Waals surface area contributed by atoms with Crippen molar-refractivity contribution in [1.82, 2.24) is 5.32 Å². The number of carbonyl (C=O) groups is 2. The Balaban J connectivity index is 2.59. The van der Waals surface area contributed by atoms with Crippen molar-refractivity contribution < 1.29 is 14.3 Å². The molecule has 1 amide bonds. The first-order valence-corrected chi connectivity index (χ1v) is 6.81. The highest BCUT2D eigenvalue weighted by Crippen LogP contribution is 2.08. The van der Waals surface area contributed by atoms with E-state index in [0.29, 0.717) is 6.42 Å². The zero-order valence-electron chi connectivity index (χ0n) is 12.9. The van der Waals surface area contributed by atoms with Crippen molar-refractivity contribution in [3.63, 3.8) is 0 Å². The maximum absolute atomic E-state index is 11.4. The lowest BCUT2D eigenvalue weighted by atomic mass is 10.0. The van der Waals surface area contributed by atoms with E-state index in [1.165, 1.54) is 0 Å². The van der Waals surface area contributed by atoms with Crippen LogP contribution in [-0.2, 0) is 16.0 Å². The number of hydrogen-bond acceptors (Lipinski definition) is 3. The van der Waals surface area contributed by atoms with Crippen LogP contribution in [0.15, 0.2) is 24.3 Å². The van der Waals surface area contributed by atoms with E-state index in [1.807, 2.05) is 24.3 Å². The minimum atomic E-state index is -0.522. The molecule has 0 fully saturated rings. The SMILES string of the molecule is CC(=O)Cc1ccccc1C#CCNC(=O)OC(C)(C)C. The van der Waals surface area contributed by atoms with E-state index in [0.717, 1.165) is 11.1 Å². The van der Waals surface area contributed by atoms with Crippen LogP contribution in [0.4, 0.5) is 4.79 Å². The lowest BCUT2D eigenvalue weighted by Gasteiger charge is -2.19. The lowest BCUT2D eigenvalue weighted by Crippen LogP contribution is -2.32. The highest BCUT2D eigenvalue weighted by molar-refractivity contribution is 5.79. The third-order valence-electron chi connectivity index (χ3n) is 2.40. The molecule has 0 saturated heterocycles. The molecule has 0 aromatic heterocycles. The molecule has 0 heterocycles. The molecule has 0 unspecified atom stereocenters. The number of rotatable bonds is 3. The Bertz CT molecular complexity index is 574. The highest BCUT2D eigenvalue weighted by atomic mass is 16.6. The molecule has 0 spiro atoms. The first-order valence-electron chi connectivity index (χ1n) is 6.81. The number of carbonyl (C=O) groups excluding carboxylic acids is 2. The minimum absolute atomic E-state index is 0.0936. The van der Waals surface area contributed by atoms with Crippen LogP contribution < -0.4 is 5.32 Å². The monoisotopic (exact) mass is 287 g/mol. The van der Waals surface area contributed by atoms with Gasteiger partial charge < -0.3 is 10.1 Å². The predicted molar refractivity (Wildman–Crippen MR) is 81.9 cm³/mol. The molecule has 112 valence electrons. The molecular formula is C17H21NO3. The Morgan fingerprint density at radius 3 is 2.52 bits per heavy atom. The van der Waals surface area contributed by atoms with E-state index in [-0.39, 0.29) is 12.3 Å². The normalized spacial score (nSPS) is 10.3. The van der Waals surface area contributed by atoms with Crippen LogP contribution in [0.5, 0.6) is 0 Å². The average molecular weight is 287 g/mol. The van der Waals surface area contributed by atoms with Crippen LogP contribution in [-0.4, -0.2) is 24.0 Å². The summed E-state index contributed by atoms with van der Waals surface area (Å²) in [7, 11) is 0. The molecule has 0 radical (unpaired) electrons. The van der Waals surface area contributed by atoms with Crippen LogP contribution in [0.1, 0.15) is 38.8 Å². The van der Waals surface area contributed by atoms with Gasteiger partial charge in [0.15, 0.2) is 0 Å². The summed E-state index contributed by atoms with van der Waals surface area (Å²) in [6, 6.07) is 7.49. The summed E-state index contributed by atoms with van der Waals surface area (Å²) >= 11 is 0. The van der Waals surface area contributed by atoms with E-state index >= 15 is 0 Å². The quantitative estimate of drug-likeness (QED) is 0.870. The molecule has 1 N–H and O–H groups in total. The van der Waals surface area contributed by atoms with Gasteiger partial charge >= 0.3 is 6.09 Å². The van der Waals surface area contributed by atoms with Gasteiger partial charge in [-0.05, 0) is 39.3 Å². The van der Waals surface area contributed by atoms with Crippen molar-refractivity contribution in [2.24, 2.45) is 0 Å². The fourth-order valence-corrected chi connectivity index (χ4v) is 1.63. The van der Waals surface area contributed by atoms with Crippen molar-refractivity contribution in [2.45, 2.75) is 39.7 Å². The van der Waals surface area contributed by atoms with Gasteiger partial charge in [0.1, 0.15) is 11.4 Å². The average Bonchev–Trinajstić information content (AvgIpc) is 2.33. The largest absolute Gasteiger partial charge is 0.444 e. The molecule has 0 aliphatic heterocycles. The Morgan fingerprint density at radius 1 is 1.24 bits per heavy atom. The summed E-state index contributed by atoms with van der Waals surface area (Å²) in [4.78, 5) is 22.6. The second kappa shape index (κ2) is 7.49. The fourth-order valence-electron chi connectivity index (χ4n) is 1.63. The van der Waals surface area contributed by atoms with Crippen LogP contribution in [0.3, 0.4) is 0 Å². The van der Waals surface area contributed by atoms with Gasteiger partial charge in [0.25, 0.3) is 0 Å². The fraction of sp³-hybridized carbons (Fsp3) is 0.412. The summed E-state index contributed by atoms with van der Waals surface area (Å²) in [6.45, 7) is 7.15. The molecule has 0 saturated carbocycles. The number of nitrogens with one attached hydrogen (secondary N) is 1. The molecular weight excluding hydrogens is 266 g/mol. The smallest absolute Gasteiger partial charge is 0.408 e. The lowest BCUT2D eigenvalue weighted by molar-refractivity contribution is -0.116. The standard InChI is InChI=1S/C17H21NO3/c1-13(19)12-15-9-6-5-8-14(15)10-7-11-18-16(20)21-17(2,3)4/h5-6,8-9H,11-12H2,1-4H3,(H,18,20). The van der Waals surface area contributed by atoms with E-state index in [9.17, 15) is 9.59 Å². The van der Waals surface area contributed by atoms with Crippen LogP contribution in [0.25, 0.3) is 0 Å². The van der Waals surface area contributed by atoms with Crippen LogP contribution in [0, 0.1) is 11.8 Å². The Labute approximate surface area is 125 Å². The summed E-state index contributed by atoms with van der Waals surface area (Å²) in [5.41, 5.74) is 1.18. The van der Waals surface area contributed by atoms with E-state index < -0.39 is 11.7 Å². The third-order valence-corrected chi connectivity index (χ3v) is 2.40. The number of hydrogen-bond donors (Lipinski definition) is 1. The van der Waals surface area contributed by atoms with Gasteiger partial charge in [-0.15, -0.1) is 0 Å². The van der Waals surface area contributed by atoms with Gasteiger partial charge in [-0.3, -0.25) is 4.79 Å². The Kier molecular flexibility index (Phi) is 5.98. The van der Waals surface area contributed by atoms with Gasteiger partial charge in [0.2, 0.25) is 0 Å². The van der Waals surface area contributed by atoms with Gasteiger partial charge in [-0.2, -0.15) is 0 Å². The molecule has 4 nitrogen and oxygen atoms in total. The van der Waals surface area contributed by atoms with Gasteiger partial charge in [-0.25, -0.2) is 4.79 Å². The number of ketones is 1. The first-order chi connectivity index (χ1) is 9.78. The highest BCUT2D eigenvalue weighted by Gasteiger charge is 2.15. The van der Waals surface area contributed by atoms with Crippen molar-refractivity contribution in [3.8, 4) is 11.8 Å².